The Kier molecular flexibility index (Phi) is 5.32. The van der Waals surface area contributed by atoms with Gasteiger partial charge in [0.05, 0.1) is 6.54 Å². The molecule has 0 saturated carbocycles. The molecule has 0 spiro atoms. The molecule has 14 heavy (non-hydrogen) atoms. The highest BCUT2D eigenvalue weighted by molar-refractivity contribution is 7.99. The normalized spacial score (nSPS) is 14.4. The predicted molar refractivity (Wildman–Crippen MR) is 58.2 cm³/mol. The summed E-state index contributed by atoms with van der Waals surface area (Å²) in [6.07, 6.45) is 0. The Morgan fingerprint density at radius 3 is 2.57 bits per heavy atom. The number of carbonyl (C=O) groups is 1. The van der Waals surface area contributed by atoms with Crippen LogP contribution in [0.15, 0.2) is 4.99 Å². The standard InChI is InChI=1S/C7H16N4O2S/c1-7(10,5(12)13)4-14-3-2-11-6(8)9/h2-4,10H2,1H3,(H,12,13)(H4,8,9,11)/t7-/m0/s1. The summed E-state index contributed by atoms with van der Waals surface area (Å²) in [6, 6.07) is 0. The fraction of sp³-hybridized carbons (Fsp3) is 0.714. The highest BCUT2D eigenvalue weighted by atomic mass is 32.2. The number of hydrogen-bond acceptors (Lipinski definition) is 4. The van der Waals surface area contributed by atoms with E-state index in [1.807, 2.05) is 0 Å². The second kappa shape index (κ2) is 5.71. The summed E-state index contributed by atoms with van der Waals surface area (Å²) in [5, 5.41) is 8.68. The van der Waals surface area contributed by atoms with E-state index in [0.29, 0.717) is 18.1 Å². The summed E-state index contributed by atoms with van der Waals surface area (Å²) >= 11 is 1.41. The highest BCUT2D eigenvalue weighted by Gasteiger charge is 2.27. The van der Waals surface area contributed by atoms with Crippen LogP contribution in [0.25, 0.3) is 0 Å². The van der Waals surface area contributed by atoms with Gasteiger partial charge in [0.2, 0.25) is 0 Å². The van der Waals surface area contributed by atoms with Gasteiger partial charge in [0.25, 0.3) is 0 Å². The van der Waals surface area contributed by atoms with Crippen LogP contribution in [0.3, 0.4) is 0 Å². The Hall–Kier alpha value is -0.950. The molecular formula is C7H16N4O2S. The third-order valence-corrected chi connectivity index (χ3v) is 2.70. The summed E-state index contributed by atoms with van der Waals surface area (Å²) in [7, 11) is 0. The fourth-order valence-electron chi connectivity index (χ4n) is 0.585. The zero-order valence-electron chi connectivity index (χ0n) is 8.06. The number of aliphatic imine (C=N–C) groups is 1. The van der Waals surface area contributed by atoms with Gasteiger partial charge in [-0.1, -0.05) is 0 Å². The number of hydrogen-bond donors (Lipinski definition) is 4. The van der Waals surface area contributed by atoms with Gasteiger partial charge >= 0.3 is 5.97 Å². The molecule has 0 bridgehead atoms. The van der Waals surface area contributed by atoms with Gasteiger partial charge < -0.3 is 22.3 Å². The molecule has 7 N–H and O–H groups in total. The van der Waals surface area contributed by atoms with E-state index >= 15 is 0 Å². The Morgan fingerprint density at radius 2 is 2.14 bits per heavy atom. The van der Waals surface area contributed by atoms with Crippen molar-refractivity contribution in [2.24, 2.45) is 22.2 Å². The first-order valence-electron chi connectivity index (χ1n) is 4.01. The Balaban J connectivity index is 3.65. The molecule has 0 aliphatic heterocycles. The topological polar surface area (TPSA) is 128 Å². The van der Waals surface area contributed by atoms with Crippen LogP contribution in [-0.4, -0.2) is 40.6 Å². The maximum atomic E-state index is 10.6. The van der Waals surface area contributed by atoms with Crippen LogP contribution in [0.1, 0.15) is 6.92 Å². The van der Waals surface area contributed by atoms with Gasteiger partial charge in [0.1, 0.15) is 5.54 Å². The van der Waals surface area contributed by atoms with E-state index in [9.17, 15) is 4.79 Å². The van der Waals surface area contributed by atoms with Gasteiger partial charge in [-0.2, -0.15) is 11.8 Å². The lowest BCUT2D eigenvalue weighted by atomic mass is 10.1. The van der Waals surface area contributed by atoms with Crippen LogP contribution < -0.4 is 17.2 Å². The van der Waals surface area contributed by atoms with Gasteiger partial charge in [-0.25, -0.2) is 0 Å². The molecule has 0 aromatic rings. The summed E-state index contributed by atoms with van der Waals surface area (Å²) in [5.74, 6) is 0.0199. The van der Waals surface area contributed by atoms with E-state index in [4.69, 9.17) is 22.3 Å². The Bertz CT molecular complexity index is 226. The van der Waals surface area contributed by atoms with Gasteiger partial charge in [-0.15, -0.1) is 0 Å². The molecule has 0 heterocycles. The molecule has 82 valence electrons. The minimum absolute atomic E-state index is 0.0411. The molecule has 0 rings (SSSR count). The van der Waals surface area contributed by atoms with Crippen molar-refractivity contribution in [2.75, 3.05) is 18.1 Å². The van der Waals surface area contributed by atoms with Crippen LogP contribution in [0.4, 0.5) is 0 Å². The molecule has 0 aromatic carbocycles. The molecule has 0 fully saturated rings. The summed E-state index contributed by atoms with van der Waals surface area (Å²) in [5.41, 5.74) is 14.5. The number of aliphatic carboxylic acids is 1. The maximum Gasteiger partial charge on any atom is 0.324 e. The zero-order valence-corrected chi connectivity index (χ0v) is 8.88. The van der Waals surface area contributed by atoms with Crippen molar-refractivity contribution in [3.8, 4) is 0 Å². The molecule has 0 amide bonds. The highest BCUT2D eigenvalue weighted by Crippen LogP contribution is 2.10. The smallest absolute Gasteiger partial charge is 0.324 e. The SMILES string of the molecule is C[C@](N)(CSCCN=C(N)N)C(=O)O. The number of rotatable bonds is 6. The molecule has 6 nitrogen and oxygen atoms in total. The number of guanidine groups is 1. The number of carboxylic acids is 1. The quantitative estimate of drug-likeness (QED) is 0.253. The number of thioether (sulfide) groups is 1. The second-order valence-electron chi connectivity index (χ2n) is 3.08. The monoisotopic (exact) mass is 220 g/mol. The molecule has 0 unspecified atom stereocenters. The molecular weight excluding hydrogens is 204 g/mol. The fourth-order valence-corrected chi connectivity index (χ4v) is 1.50. The van der Waals surface area contributed by atoms with Crippen molar-refractivity contribution in [1.82, 2.24) is 0 Å². The molecule has 0 saturated heterocycles. The van der Waals surface area contributed by atoms with E-state index in [0.717, 1.165) is 0 Å². The first kappa shape index (κ1) is 13.1. The lowest BCUT2D eigenvalue weighted by Gasteiger charge is -2.17. The zero-order chi connectivity index (χ0) is 11.2. The van der Waals surface area contributed by atoms with Crippen LogP contribution in [0, 0.1) is 0 Å². The molecule has 7 heteroatoms. The summed E-state index contributed by atoms with van der Waals surface area (Å²) < 4.78 is 0. The molecule has 0 radical (unpaired) electrons. The van der Waals surface area contributed by atoms with Crippen molar-refractivity contribution in [1.29, 1.82) is 0 Å². The molecule has 0 aromatic heterocycles. The van der Waals surface area contributed by atoms with E-state index in [1.165, 1.54) is 18.7 Å². The van der Waals surface area contributed by atoms with Crippen molar-refractivity contribution in [3.05, 3.63) is 0 Å². The van der Waals surface area contributed by atoms with Crippen LogP contribution in [0.5, 0.6) is 0 Å². The number of nitrogens with two attached hydrogens (primary N) is 3. The summed E-state index contributed by atoms with van der Waals surface area (Å²) in [6.45, 7) is 1.95. The van der Waals surface area contributed by atoms with Crippen molar-refractivity contribution in [3.63, 3.8) is 0 Å². The van der Waals surface area contributed by atoms with Crippen molar-refractivity contribution in [2.45, 2.75) is 12.5 Å². The van der Waals surface area contributed by atoms with Crippen LogP contribution >= 0.6 is 11.8 Å². The maximum absolute atomic E-state index is 10.6. The third kappa shape index (κ3) is 5.65. The molecule has 0 aliphatic rings. The van der Waals surface area contributed by atoms with Crippen LogP contribution in [0.2, 0.25) is 0 Å². The minimum atomic E-state index is -1.19. The van der Waals surface area contributed by atoms with Crippen molar-refractivity contribution >= 4 is 23.7 Å². The number of nitrogens with zero attached hydrogens (tertiary/aromatic N) is 1. The first-order chi connectivity index (χ1) is 6.36. The van der Waals surface area contributed by atoms with Gasteiger partial charge in [-0.05, 0) is 6.92 Å². The van der Waals surface area contributed by atoms with Crippen LogP contribution in [-0.2, 0) is 4.79 Å². The lowest BCUT2D eigenvalue weighted by molar-refractivity contribution is -0.141. The minimum Gasteiger partial charge on any atom is -0.480 e. The largest absolute Gasteiger partial charge is 0.480 e. The molecule has 1 atom stereocenters. The third-order valence-electron chi connectivity index (χ3n) is 1.42. The Labute approximate surface area is 86.9 Å². The van der Waals surface area contributed by atoms with E-state index < -0.39 is 11.5 Å². The van der Waals surface area contributed by atoms with Gasteiger partial charge in [0, 0.05) is 11.5 Å². The average Bonchev–Trinajstić information content (AvgIpc) is 2.02. The predicted octanol–water partition coefficient (Wildman–Crippen LogP) is -1.20. The van der Waals surface area contributed by atoms with E-state index in [-0.39, 0.29) is 5.96 Å². The molecule has 0 aliphatic carbocycles. The average molecular weight is 220 g/mol. The van der Waals surface area contributed by atoms with E-state index in [2.05, 4.69) is 4.99 Å². The summed E-state index contributed by atoms with van der Waals surface area (Å²) in [4.78, 5) is 14.3. The number of carboxylic acid groups (broad SMARTS) is 1. The second-order valence-corrected chi connectivity index (χ2v) is 4.19. The van der Waals surface area contributed by atoms with Gasteiger partial charge in [0.15, 0.2) is 5.96 Å². The lowest BCUT2D eigenvalue weighted by Crippen LogP contribution is -2.47. The Morgan fingerprint density at radius 1 is 1.57 bits per heavy atom. The van der Waals surface area contributed by atoms with Gasteiger partial charge in [-0.3, -0.25) is 9.79 Å². The first-order valence-corrected chi connectivity index (χ1v) is 5.17. The van der Waals surface area contributed by atoms with E-state index in [1.54, 1.807) is 0 Å². The van der Waals surface area contributed by atoms with Crippen molar-refractivity contribution < 1.29 is 9.90 Å².